The molecule has 1 aromatic carbocycles. The van der Waals surface area contributed by atoms with E-state index in [1.54, 1.807) is 6.92 Å². The molecule has 2 N–H and O–H groups in total. The second kappa shape index (κ2) is 4.99. The Kier molecular flexibility index (Phi) is 3.52. The first-order valence-corrected chi connectivity index (χ1v) is 5.62. The summed E-state index contributed by atoms with van der Waals surface area (Å²) in [5.74, 6) is -1.19. The van der Waals surface area contributed by atoms with Crippen LogP contribution in [-0.4, -0.2) is 22.9 Å². The minimum Gasteiger partial charge on any atom is -0.445 e. The number of hydrogen-bond donors (Lipinski definition) is 1. The van der Waals surface area contributed by atoms with Gasteiger partial charge in [-0.05, 0) is 18.6 Å². The highest BCUT2D eigenvalue weighted by molar-refractivity contribution is 6.73. The van der Waals surface area contributed by atoms with Crippen molar-refractivity contribution in [3.8, 4) is 0 Å². The van der Waals surface area contributed by atoms with Gasteiger partial charge in [0.15, 0.2) is 0 Å². The maximum absolute atomic E-state index is 13.1. The molecule has 20 heavy (non-hydrogen) atoms. The van der Waals surface area contributed by atoms with Crippen LogP contribution in [-0.2, 0) is 0 Å². The molecule has 0 aliphatic carbocycles. The summed E-state index contributed by atoms with van der Waals surface area (Å²) in [4.78, 5) is 3.88. The summed E-state index contributed by atoms with van der Waals surface area (Å²) in [6.07, 6.45) is 2.67. The third-order valence-electron chi connectivity index (χ3n) is 2.54. The minimum absolute atomic E-state index is 0.112. The molecule has 4 nitrogen and oxygen atoms in total. The van der Waals surface area contributed by atoms with E-state index in [-0.39, 0.29) is 11.5 Å². The van der Waals surface area contributed by atoms with Gasteiger partial charge >= 0.3 is 6.98 Å². The Labute approximate surface area is 112 Å². The molecule has 0 amide bonds. The fourth-order valence-corrected chi connectivity index (χ4v) is 1.62. The van der Waals surface area contributed by atoms with Gasteiger partial charge in [-0.3, -0.25) is 0 Å². The van der Waals surface area contributed by atoms with Crippen molar-refractivity contribution in [1.82, 2.24) is 9.66 Å². The van der Waals surface area contributed by atoms with Crippen molar-refractivity contribution >= 4 is 24.6 Å². The predicted molar refractivity (Wildman–Crippen MR) is 69.5 cm³/mol. The molecule has 106 valence electrons. The van der Waals surface area contributed by atoms with Crippen LogP contribution in [0.1, 0.15) is 11.3 Å². The first-order valence-electron chi connectivity index (χ1n) is 5.62. The number of imidazole rings is 1. The summed E-state index contributed by atoms with van der Waals surface area (Å²) < 4.78 is 52.1. The van der Waals surface area contributed by atoms with Gasteiger partial charge in [-0.2, -0.15) is 5.10 Å². The van der Waals surface area contributed by atoms with Gasteiger partial charge in [0.25, 0.3) is 0 Å². The summed E-state index contributed by atoms with van der Waals surface area (Å²) in [5, 5.41) is 3.87. The van der Waals surface area contributed by atoms with Crippen molar-refractivity contribution in [3.63, 3.8) is 0 Å². The Morgan fingerprint density at radius 3 is 2.60 bits per heavy atom. The molecule has 0 radical (unpaired) electrons. The molecule has 9 heteroatoms. The lowest BCUT2D eigenvalue weighted by atomic mass is 9.79. The monoisotopic (exact) mass is 285 g/mol. The fourth-order valence-electron chi connectivity index (χ4n) is 1.62. The molecule has 0 aliphatic heterocycles. The van der Waals surface area contributed by atoms with Crippen molar-refractivity contribution in [2.24, 2.45) is 5.10 Å². The lowest BCUT2D eigenvalue weighted by Gasteiger charge is -2.16. The third-order valence-corrected chi connectivity index (χ3v) is 2.54. The van der Waals surface area contributed by atoms with Crippen LogP contribution < -0.4 is 11.2 Å². The van der Waals surface area contributed by atoms with Crippen LogP contribution in [0.25, 0.3) is 0 Å². The summed E-state index contributed by atoms with van der Waals surface area (Å²) in [7, 11) is 0. The van der Waals surface area contributed by atoms with Crippen molar-refractivity contribution in [2.75, 3.05) is 5.73 Å². The number of nitrogens with zero attached hydrogens (tertiary/aromatic N) is 3. The van der Waals surface area contributed by atoms with Crippen LogP contribution in [0.5, 0.6) is 0 Å². The van der Waals surface area contributed by atoms with Gasteiger partial charge in [0.1, 0.15) is 0 Å². The first-order chi connectivity index (χ1) is 9.27. The van der Waals surface area contributed by atoms with E-state index in [4.69, 9.17) is 5.73 Å². The average Bonchev–Trinajstić information content (AvgIpc) is 2.65. The van der Waals surface area contributed by atoms with Crippen LogP contribution >= 0.6 is 0 Å². The van der Waals surface area contributed by atoms with Crippen LogP contribution in [0.2, 0.25) is 0 Å². The topological polar surface area (TPSA) is 56.2 Å². The summed E-state index contributed by atoms with van der Waals surface area (Å²) >= 11 is 0. The van der Waals surface area contributed by atoms with E-state index >= 15 is 0 Å². The van der Waals surface area contributed by atoms with Gasteiger partial charge in [0.2, 0.25) is 5.95 Å². The molecule has 0 aliphatic rings. The lowest BCUT2D eigenvalue weighted by Crippen LogP contribution is -2.37. The zero-order valence-electron chi connectivity index (χ0n) is 10.4. The van der Waals surface area contributed by atoms with Gasteiger partial charge in [0.05, 0.1) is 23.9 Å². The summed E-state index contributed by atoms with van der Waals surface area (Å²) in [6, 6.07) is 2.66. The van der Waals surface area contributed by atoms with E-state index in [0.29, 0.717) is 11.8 Å². The average molecular weight is 285 g/mol. The highest BCUT2D eigenvalue weighted by atomic mass is 19.4. The number of aromatic nitrogens is 2. The molecule has 2 aromatic rings. The largest absolute Gasteiger partial charge is 0.512 e. The van der Waals surface area contributed by atoms with E-state index in [1.165, 1.54) is 16.9 Å². The molecular weight excluding hydrogens is 275 g/mol. The third kappa shape index (κ3) is 2.98. The van der Waals surface area contributed by atoms with Crippen LogP contribution in [0.15, 0.2) is 29.5 Å². The van der Waals surface area contributed by atoms with Gasteiger partial charge < -0.3 is 18.7 Å². The van der Waals surface area contributed by atoms with Crippen LogP contribution in [0, 0.1) is 12.7 Å². The second-order valence-corrected chi connectivity index (χ2v) is 4.19. The van der Waals surface area contributed by atoms with Crippen LogP contribution in [0.3, 0.4) is 0 Å². The molecule has 0 unspecified atom stereocenters. The number of rotatable bonds is 3. The molecule has 0 atom stereocenters. The Morgan fingerprint density at radius 1 is 1.35 bits per heavy atom. The molecule has 0 saturated carbocycles. The quantitative estimate of drug-likeness (QED) is 0.531. The maximum atomic E-state index is 13.1. The summed E-state index contributed by atoms with van der Waals surface area (Å²) in [6.45, 7) is -3.71. The molecule has 0 fully saturated rings. The molecule has 0 saturated heterocycles. The van der Waals surface area contributed by atoms with E-state index in [1.807, 2.05) is 0 Å². The van der Waals surface area contributed by atoms with Gasteiger partial charge in [0, 0.05) is 0 Å². The smallest absolute Gasteiger partial charge is 0.445 e. The minimum atomic E-state index is -5.41. The molecular formula is C11H10BF4N4-. The zero-order valence-corrected chi connectivity index (χ0v) is 10.4. The number of benzene rings is 1. The first kappa shape index (κ1) is 14.1. The van der Waals surface area contributed by atoms with Crippen molar-refractivity contribution < 1.29 is 17.3 Å². The van der Waals surface area contributed by atoms with Gasteiger partial charge in [-0.25, -0.2) is 14.1 Å². The predicted octanol–water partition coefficient (Wildman–Crippen LogP) is 1.85. The number of nitrogens with two attached hydrogens (primary N) is 1. The number of aryl methyl sites for hydroxylation is 1. The van der Waals surface area contributed by atoms with E-state index < -0.39 is 18.3 Å². The Hall–Kier alpha value is -2.32. The summed E-state index contributed by atoms with van der Waals surface area (Å²) in [5.41, 5.74) is 5.00. The fraction of sp³-hybridized carbons (Fsp3) is 0.0909. The Morgan fingerprint density at radius 2 is 2.05 bits per heavy atom. The number of anilines is 1. The van der Waals surface area contributed by atoms with Crippen molar-refractivity contribution in [3.05, 3.63) is 41.5 Å². The maximum Gasteiger partial charge on any atom is 0.512 e. The molecule has 1 heterocycles. The molecule has 1 aromatic heterocycles. The molecule has 2 rings (SSSR count). The van der Waals surface area contributed by atoms with Crippen molar-refractivity contribution in [1.29, 1.82) is 0 Å². The van der Waals surface area contributed by atoms with E-state index in [9.17, 15) is 17.3 Å². The van der Waals surface area contributed by atoms with Crippen LogP contribution in [0.4, 0.5) is 23.3 Å². The lowest BCUT2D eigenvalue weighted by molar-refractivity contribution is 0.494. The standard InChI is InChI=1S/C11H10BF4N4/c1-7-6-20(11(17)19-7)18-5-8-2-3-10(13)9(4-8)12(14,15)16/h2-6H,1H3,(H2,17,19)/q-1. The van der Waals surface area contributed by atoms with Crippen molar-refractivity contribution in [2.45, 2.75) is 6.92 Å². The highest BCUT2D eigenvalue weighted by Gasteiger charge is 2.28. The molecule has 0 spiro atoms. The second-order valence-electron chi connectivity index (χ2n) is 4.19. The SMILES string of the molecule is Cc1cn(N=Cc2ccc(F)c([B-](F)(F)F)c2)c(N)n1. The van der Waals surface area contributed by atoms with Gasteiger partial charge in [-0.15, -0.1) is 0 Å². The van der Waals surface area contributed by atoms with E-state index in [0.717, 1.165) is 12.3 Å². The number of nitrogen functional groups attached to an aromatic ring is 1. The molecule has 0 bridgehead atoms. The van der Waals surface area contributed by atoms with E-state index in [2.05, 4.69) is 10.1 Å². The number of hydrogen-bond acceptors (Lipinski definition) is 3. The Balaban J connectivity index is 2.33. The van der Waals surface area contributed by atoms with Gasteiger partial charge in [-0.1, -0.05) is 17.6 Å². The normalized spacial score (nSPS) is 12.2. The number of halogens is 4. The Bertz CT molecular complexity index is 663. The zero-order chi connectivity index (χ0) is 14.9. The highest BCUT2D eigenvalue weighted by Crippen LogP contribution is 2.12.